The number of carbonyl (C=O) groups excluding carboxylic acids is 2. The highest BCUT2D eigenvalue weighted by Gasteiger charge is 2.26. The van der Waals surface area contributed by atoms with Crippen LogP contribution in [0.4, 0.5) is 11.4 Å². The summed E-state index contributed by atoms with van der Waals surface area (Å²) in [6.07, 6.45) is 2.79. The molecule has 0 aliphatic carbocycles. The number of amides is 2. The van der Waals surface area contributed by atoms with Crippen molar-refractivity contribution in [3.8, 4) is 5.75 Å². The normalized spacial score (nSPS) is 17.2. The van der Waals surface area contributed by atoms with E-state index < -0.39 is 10.0 Å². The van der Waals surface area contributed by atoms with Gasteiger partial charge >= 0.3 is 0 Å². The van der Waals surface area contributed by atoms with Crippen molar-refractivity contribution in [2.45, 2.75) is 24.2 Å². The Morgan fingerprint density at radius 1 is 1.03 bits per heavy atom. The maximum absolute atomic E-state index is 12.7. The van der Waals surface area contributed by atoms with Crippen LogP contribution in [0.25, 0.3) is 0 Å². The van der Waals surface area contributed by atoms with Crippen LogP contribution in [0.3, 0.4) is 0 Å². The lowest BCUT2D eigenvalue weighted by atomic mass is 10.2. The first-order valence-corrected chi connectivity index (χ1v) is 11.3. The van der Waals surface area contributed by atoms with E-state index in [2.05, 4.69) is 5.32 Å². The number of anilines is 2. The molecule has 0 bridgehead atoms. The van der Waals surface area contributed by atoms with Crippen molar-refractivity contribution in [3.63, 3.8) is 0 Å². The van der Waals surface area contributed by atoms with Gasteiger partial charge in [0, 0.05) is 37.5 Å². The minimum atomic E-state index is -3.53. The Kier molecular flexibility index (Phi) is 5.48. The number of carbonyl (C=O) groups is 2. The van der Waals surface area contributed by atoms with Gasteiger partial charge in [-0.25, -0.2) is 8.42 Å². The smallest absolute Gasteiger partial charge is 0.264 e. The van der Waals surface area contributed by atoms with E-state index in [4.69, 9.17) is 4.74 Å². The highest BCUT2D eigenvalue weighted by Crippen LogP contribution is 2.33. The Morgan fingerprint density at radius 3 is 2.43 bits per heavy atom. The Balaban J connectivity index is 1.47. The Labute approximate surface area is 175 Å². The van der Waals surface area contributed by atoms with Gasteiger partial charge in [0.2, 0.25) is 10.0 Å². The monoisotopic (exact) mass is 429 g/mol. The van der Waals surface area contributed by atoms with Crippen molar-refractivity contribution >= 4 is 33.2 Å². The van der Waals surface area contributed by atoms with Crippen LogP contribution < -0.4 is 15.0 Å². The molecule has 0 spiro atoms. The number of benzene rings is 2. The molecule has 2 aromatic rings. The average Bonchev–Trinajstić information content (AvgIpc) is 2.77. The largest absolute Gasteiger partial charge is 0.481 e. The number of piperidine rings is 1. The van der Waals surface area contributed by atoms with Crippen LogP contribution in [-0.4, -0.2) is 51.3 Å². The molecule has 158 valence electrons. The second kappa shape index (κ2) is 8.08. The van der Waals surface area contributed by atoms with Crippen LogP contribution in [0.15, 0.2) is 47.4 Å². The van der Waals surface area contributed by atoms with Gasteiger partial charge in [0.15, 0.2) is 6.61 Å². The van der Waals surface area contributed by atoms with E-state index in [-0.39, 0.29) is 23.3 Å². The van der Waals surface area contributed by atoms with Crippen molar-refractivity contribution in [2.75, 3.05) is 37.0 Å². The van der Waals surface area contributed by atoms with Gasteiger partial charge in [0.25, 0.3) is 11.8 Å². The molecule has 2 aromatic carbocycles. The highest BCUT2D eigenvalue weighted by molar-refractivity contribution is 7.89. The molecule has 0 radical (unpaired) electrons. The fourth-order valence-electron chi connectivity index (χ4n) is 3.59. The van der Waals surface area contributed by atoms with E-state index in [0.717, 1.165) is 19.3 Å². The lowest BCUT2D eigenvalue weighted by molar-refractivity contribution is -0.120. The average molecular weight is 429 g/mol. The Hall–Kier alpha value is -2.91. The molecular formula is C21H23N3O5S. The van der Waals surface area contributed by atoms with E-state index in [1.54, 1.807) is 25.2 Å². The quantitative estimate of drug-likeness (QED) is 0.806. The van der Waals surface area contributed by atoms with Crippen molar-refractivity contribution < 1.29 is 22.7 Å². The summed E-state index contributed by atoms with van der Waals surface area (Å²) in [6, 6.07) is 11.0. The van der Waals surface area contributed by atoms with E-state index in [9.17, 15) is 18.0 Å². The van der Waals surface area contributed by atoms with E-state index in [1.165, 1.54) is 33.5 Å². The van der Waals surface area contributed by atoms with E-state index in [0.29, 0.717) is 35.8 Å². The first-order chi connectivity index (χ1) is 14.4. The standard InChI is InChI=1S/C21H23N3O5S/c1-23-18-10-7-16(13-19(18)29-14-20(23)25)22-21(26)15-5-8-17(9-6-15)30(27,28)24-11-3-2-4-12-24/h5-10,13H,2-4,11-12,14H2,1H3,(H,22,26). The second-order valence-corrected chi connectivity index (χ2v) is 9.31. The first-order valence-electron chi connectivity index (χ1n) is 9.81. The molecule has 4 rings (SSSR count). The van der Waals surface area contributed by atoms with Crippen LogP contribution in [0, 0.1) is 0 Å². The van der Waals surface area contributed by atoms with Crippen molar-refractivity contribution in [1.29, 1.82) is 0 Å². The third-order valence-corrected chi connectivity index (χ3v) is 7.29. The SMILES string of the molecule is CN1C(=O)COc2cc(NC(=O)c3ccc(S(=O)(=O)N4CCCCC4)cc3)ccc21. The van der Waals surface area contributed by atoms with Crippen molar-refractivity contribution in [3.05, 3.63) is 48.0 Å². The molecule has 30 heavy (non-hydrogen) atoms. The van der Waals surface area contributed by atoms with Crippen LogP contribution in [0.1, 0.15) is 29.6 Å². The zero-order valence-electron chi connectivity index (χ0n) is 16.6. The summed E-state index contributed by atoms with van der Waals surface area (Å²) < 4.78 is 32.4. The Bertz CT molecular complexity index is 1080. The topological polar surface area (TPSA) is 96.0 Å². The first kappa shape index (κ1) is 20.4. The minimum Gasteiger partial charge on any atom is -0.481 e. The summed E-state index contributed by atoms with van der Waals surface area (Å²) in [7, 11) is -1.86. The maximum atomic E-state index is 12.7. The van der Waals surface area contributed by atoms with Gasteiger partial charge in [-0.1, -0.05) is 6.42 Å². The Morgan fingerprint density at radius 2 is 1.73 bits per heavy atom. The number of sulfonamides is 1. The number of fused-ring (bicyclic) bond motifs is 1. The molecule has 1 fully saturated rings. The van der Waals surface area contributed by atoms with Crippen LogP contribution in [-0.2, 0) is 14.8 Å². The lowest BCUT2D eigenvalue weighted by Gasteiger charge is -2.26. The van der Waals surface area contributed by atoms with Gasteiger partial charge in [0.05, 0.1) is 10.6 Å². The number of nitrogens with zero attached hydrogens (tertiary/aromatic N) is 2. The predicted octanol–water partition coefficient (Wildman–Crippen LogP) is 2.47. The minimum absolute atomic E-state index is 0.0478. The molecule has 0 aromatic heterocycles. The van der Waals surface area contributed by atoms with Gasteiger partial charge in [-0.15, -0.1) is 0 Å². The number of hydrogen-bond acceptors (Lipinski definition) is 5. The molecule has 0 atom stereocenters. The molecule has 2 heterocycles. The fraction of sp³-hybridized carbons (Fsp3) is 0.333. The molecule has 0 unspecified atom stereocenters. The maximum Gasteiger partial charge on any atom is 0.264 e. The van der Waals surface area contributed by atoms with Crippen molar-refractivity contribution in [2.24, 2.45) is 0 Å². The predicted molar refractivity (Wildman–Crippen MR) is 112 cm³/mol. The molecule has 1 saturated heterocycles. The molecule has 2 amide bonds. The van der Waals surface area contributed by atoms with Gasteiger partial charge in [-0.3, -0.25) is 9.59 Å². The van der Waals surface area contributed by atoms with Crippen LogP contribution in [0.5, 0.6) is 5.75 Å². The third kappa shape index (κ3) is 3.90. The summed E-state index contributed by atoms with van der Waals surface area (Å²) in [6.45, 7) is 1.02. The number of hydrogen-bond donors (Lipinski definition) is 1. The second-order valence-electron chi connectivity index (χ2n) is 7.37. The zero-order chi connectivity index (χ0) is 21.3. The molecule has 2 aliphatic heterocycles. The van der Waals surface area contributed by atoms with Gasteiger partial charge < -0.3 is 15.0 Å². The number of likely N-dealkylation sites (N-methyl/N-ethyl adjacent to an activating group) is 1. The fourth-order valence-corrected chi connectivity index (χ4v) is 5.11. The van der Waals surface area contributed by atoms with Gasteiger partial charge in [0.1, 0.15) is 5.75 Å². The van der Waals surface area contributed by atoms with Crippen LogP contribution in [0.2, 0.25) is 0 Å². The van der Waals surface area contributed by atoms with Crippen LogP contribution >= 0.6 is 0 Å². The molecule has 8 nitrogen and oxygen atoms in total. The molecule has 0 saturated carbocycles. The highest BCUT2D eigenvalue weighted by atomic mass is 32.2. The molecule has 9 heteroatoms. The molecular weight excluding hydrogens is 406 g/mol. The third-order valence-electron chi connectivity index (χ3n) is 5.37. The van der Waals surface area contributed by atoms with E-state index in [1.807, 2.05) is 0 Å². The van der Waals surface area contributed by atoms with Gasteiger partial charge in [-0.05, 0) is 49.2 Å². The number of rotatable bonds is 4. The molecule has 2 aliphatic rings. The zero-order valence-corrected chi connectivity index (χ0v) is 17.4. The van der Waals surface area contributed by atoms with Gasteiger partial charge in [-0.2, -0.15) is 4.31 Å². The summed E-state index contributed by atoms with van der Waals surface area (Å²) in [4.78, 5) is 26.0. The molecule has 1 N–H and O–H groups in total. The lowest BCUT2D eigenvalue weighted by Crippen LogP contribution is -2.35. The number of ether oxygens (including phenoxy) is 1. The number of nitrogens with one attached hydrogen (secondary N) is 1. The summed E-state index contributed by atoms with van der Waals surface area (Å²) >= 11 is 0. The summed E-state index contributed by atoms with van der Waals surface area (Å²) in [5, 5.41) is 2.77. The summed E-state index contributed by atoms with van der Waals surface area (Å²) in [5.74, 6) is 0.00821. The van der Waals surface area contributed by atoms with E-state index >= 15 is 0 Å². The summed E-state index contributed by atoms with van der Waals surface area (Å²) in [5.41, 5.74) is 1.50. The van der Waals surface area contributed by atoms with Crippen molar-refractivity contribution in [1.82, 2.24) is 4.31 Å².